The largest absolute Gasteiger partial charge is 0.339 e. The second kappa shape index (κ2) is 10.0. The second-order valence-electron chi connectivity index (χ2n) is 10.4. The number of hydrogen-bond donors (Lipinski definition) is 0. The molecule has 0 N–H and O–H groups in total. The predicted molar refractivity (Wildman–Crippen MR) is 129 cm³/mol. The minimum absolute atomic E-state index is 0.0256. The van der Waals surface area contributed by atoms with E-state index in [0.29, 0.717) is 43.5 Å². The number of carbonyl (C=O) groups is 2. The van der Waals surface area contributed by atoms with Crippen LogP contribution in [-0.2, 0) is 0 Å². The van der Waals surface area contributed by atoms with Crippen molar-refractivity contribution in [3.8, 4) is 0 Å². The van der Waals surface area contributed by atoms with Crippen molar-refractivity contribution in [2.24, 2.45) is 5.92 Å². The predicted octanol–water partition coefficient (Wildman–Crippen LogP) is 5.48. The first kappa shape index (κ1) is 23.9. The number of likely N-dealkylation sites (tertiary alicyclic amines) is 2. The van der Waals surface area contributed by atoms with Gasteiger partial charge in [-0.25, -0.2) is 8.78 Å². The molecule has 0 bridgehead atoms. The van der Waals surface area contributed by atoms with E-state index in [-0.39, 0.29) is 23.3 Å². The number of pyridine rings is 1. The summed E-state index contributed by atoms with van der Waals surface area (Å²) in [7, 11) is 0. The van der Waals surface area contributed by atoms with Gasteiger partial charge in [-0.05, 0) is 75.6 Å². The summed E-state index contributed by atoms with van der Waals surface area (Å²) in [4.78, 5) is 35.2. The standard InChI is InChI=1S/C28H33F2N3O2/c1-18-8-9-24(28(35)33-12-4-6-19-5-2-3-7-25(19)33)26(31-18)20-10-13-32(14-11-20)27(34)21-15-22(29)17-23(30)16-21/h8-9,15-17,19-20,25H,2-7,10-14H2,1H3. The molecule has 2 amide bonds. The van der Waals surface area contributed by atoms with Crippen LogP contribution in [0.3, 0.4) is 0 Å². The fraction of sp³-hybridized carbons (Fsp3) is 0.536. The van der Waals surface area contributed by atoms with E-state index in [4.69, 9.17) is 4.98 Å². The number of aromatic nitrogens is 1. The van der Waals surface area contributed by atoms with Crippen molar-refractivity contribution in [1.82, 2.24) is 14.8 Å². The van der Waals surface area contributed by atoms with Crippen molar-refractivity contribution >= 4 is 11.8 Å². The van der Waals surface area contributed by atoms with Crippen molar-refractivity contribution in [1.29, 1.82) is 0 Å². The van der Waals surface area contributed by atoms with Gasteiger partial charge in [-0.3, -0.25) is 14.6 Å². The first-order valence-electron chi connectivity index (χ1n) is 12.9. The Morgan fingerprint density at radius 2 is 1.54 bits per heavy atom. The number of aryl methyl sites for hydroxylation is 1. The average molecular weight is 482 g/mol. The smallest absolute Gasteiger partial charge is 0.255 e. The molecule has 3 fully saturated rings. The molecule has 3 heterocycles. The van der Waals surface area contributed by atoms with Gasteiger partial charge in [-0.15, -0.1) is 0 Å². The van der Waals surface area contributed by atoms with Gasteiger partial charge in [0.25, 0.3) is 11.8 Å². The summed E-state index contributed by atoms with van der Waals surface area (Å²) in [6.07, 6.45) is 8.35. The van der Waals surface area contributed by atoms with Gasteiger partial charge < -0.3 is 9.80 Å². The van der Waals surface area contributed by atoms with Gasteiger partial charge >= 0.3 is 0 Å². The fourth-order valence-corrected chi connectivity index (χ4v) is 6.32. The van der Waals surface area contributed by atoms with Crippen LogP contribution in [0.4, 0.5) is 8.78 Å². The number of fused-ring (bicyclic) bond motifs is 1. The highest BCUT2D eigenvalue weighted by molar-refractivity contribution is 5.96. The Morgan fingerprint density at radius 1 is 0.857 bits per heavy atom. The molecule has 5 rings (SSSR count). The number of piperidine rings is 2. The Labute approximate surface area is 205 Å². The molecule has 2 unspecified atom stereocenters. The van der Waals surface area contributed by atoms with Crippen LogP contribution in [0.5, 0.6) is 0 Å². The number of halogens is 2. The maximum atomic E-state index is 13.8. The number of rotatable bonds is 3. The summed E-state index contributed by atoms with van der Waals surface area (Å²) in [5.41, 5.74) is 2.42. The van der Waals surface area contributed by atoms with Gasteiger partial charge in [0.2, 0.25) is 0 Å². The van der Waals surface area contributed by atoms with Gasteiger partial charge in [-0.2, -0.15) is 0 Å². The lowest BCUT2D eigenvalue weighted by atomic mass is 9.78. The van der Waals surface area contributed by atoms with Crippen molar-refractivity contribution in [3.05, 3.63) is 64.5 Å². The van der Waals surface area contributed by atoms with Crippen molar-refractivity contribution in [2.45, 2.75) is 70.3 Å². The van der Waals surface area contributed by atoms with E-state index >= 15 is 0 Å². The van der Waals surface area contributed by atoms with E-state index in [9.17, 15) is 18.4 Å². The number of nitrogens with zero attached hydrogens (tertiary/aromatic N) is 3. The zero-order valence-corrected chi connectivity index (χ0v) is 20.3. The number of amides is 2. The Bertz CT molecular complexity index is 1090. The van der Waals surface area contributed by atoms with E-state index < -0.39 is 11.6 Å². The maximum absolute atomic E-state index is 13.8. The van der Waals surface area contributed by atoms with Crippen LogP contribution >= 0.6 is 0 Å². The third-order valence-corrected chi connectivity index (χ3v) is 8.08. The van der Waals surface area contributed by atoms with Gasteiger partial charge in [0.1, 0.15) is 11.6 Å². The minimum Gasteiger partial charge on any atom is -0.339 e. The highest BCUT2D eigenvalue weighted by Crippen LogP contribution is 2.37. The molecule has 1 aromatic carbocycles. The van der Waals surface area contributed by atoms with E-state index in [1.54, 1.807) is 4.90 Å². The minimum atomic E-state index is -0.756. The van der Waals surface area contributed by atoms with Crippen LogP contribution in [-0.4, -0.2) is 52.3 Å². The average Bonchev–Trinajstić information content (AvgIpc) is 2.87. The van der Waals surface area contributed by atoms with Gasteiger partial charge in [0, 0.05) is 48.9 Å². The van der Waals surface area contributed by atoms with Gasteiger partial charge in [0.05, 0.1) is 11.3 Å². The van der Waals surface area contributed by atoms with Crippen molar-refractivity contribution < 1.29 is 18.4 Å². The molecule has 2 saturated heterocycles. The first-order chi connectivity index (χ1) is 16.9. The lowest BCUT2D eigenvalue weighted by molar-refractivity contribution is 0.0387. The summed E-state index contributed by atoms with van der Waals surface area (Å²) >= 11 is 0. The first-order valence-corrected chi connectivity index (χ1v) is 12.9. The maximum Gasteiger partial charge on any atom is 0.255 e. The molecule has 2 aromatic rings. The molecule has 0 radical (unpaired) electrons. The van der Waals surface area contributed by atoms with Crippen molar-refractivity contribution in [2.75, 3.05) is 19.6 Å². The lowest BCUT2D eigenvalue weighted by Crippen LogP contribution is -2.50. The Morgan fingerprint density at radius 3 is 2.29 bits per heavy atom. The van der Waals surface area contributed by atoms with Crippen LogP contribution < -0.4 is 0 Å². The quantitative estimate of drug-likeness (QED) is 0.583. The lowest BCUT2D eigenvalue weighted by Gasteiger charge is -2.44. The van der Waals surface area contributed by atoms with E-state index in [1.807, 2.05) is 19.1 Å². The summed E-state index contributed by atoms with van der Waals surface area (Å²) in [6.45, 7) is 3.66. The molecule has 1 aliphatic carbocycles. The summed E-state index contributed by atoms with van der Waals surface area (Å²) in [5.74, 6) is -1.11. The fourth-order valence-electron chi connectivity index (χ4n) is 6.32. The van der Waals surface area contributed by atoms with E-state index in [2.05, 4.69) is 4.90 Å². The van der Waals surface area contributed by atoms with E-state index in [0.717, 1.165) is 49.0 Å². The third-order valence-electron chi connectivity index (χ3n) is 8.08. The zero-order chi connectivity index (χ0) is 24.5. The molecule has 35 heavy (non-hydrogen) atoms. The van der Waals surface area contributed by atoms with Crippen LogP contribution in [0.15, 0.2) is 30.3 Å². The third kappa shape index (κ3) is 4.95. The van der Waals surface area contributed by atoms with E-state index in [1.165, 1.54) is 25.7 Å². The number of benzene rings is 1. The normalized spacial score (nSPS) is 23.2. The molecule has 186 valence electrons. The zero-order valence-electron chi connectivity index (χ0n) is 20.3. The molecule has 1 aromatic heterocycles. The van der Waals surface area contributed by atoms with Crippen LogP contribution in [0.2, 0.25) is 0 Å². The van der Waals surface area contributed by atoms with Crippen LogP contribution in [0.25, 0.3) is 0 Å². The highest BCUT2D eigenvalue weighted by atomic mass is 19.1. The van der Waals surface area contributed by atoms with Gasteiger partial charge in [0.15, 0.2) is 0 Å². The second-order valence-corrected chi connectivity index (χ2v) is 10.4. The number of hydrogen-bond acceptors (Lipinski definition) is 3. The summed E-state index contributed by atoms with van der Waals surface area (Å²) < 4.78 is 27.2. The highest BCUT2D eigenvalue weighted by Gasteiger charge is 2.37. The Kier molecular flexibility index (Phi) is 6.85. The molecule has 5 nitrogen and oxygen atoms in total. The Hall–Kier alpha value is -2.83. The molecule has 2 aliphatic heterocycles. The van der Waals surface area contributed by atoms with Gasteiger partial charge in [-0.1, -0.05) is 12.8 Å². The topological polar surface area (TPSA) is 53.5 Å². The molecule has 2 atom stereocenters. The van der Waals surface area contributed by atoms with Crippen LogP contribution in [0, 0.1) is 24.5 Å². The molecule has 3 aliphatic rings. The molecule has 0 spiro atoms. The molecular formula is C28H33F2N3O2. The van der Waals surface area contributed by atoms with Crippen molar-refractivity contribution in [3.63, 3.8) is 0 Å². The summed E-state index contributed by atoms with van der Waals surface area (Å²) in [6, 6.07) is 7.10. The summed E-state index contributed by atoms with van der Waals surface area (Å²) in [5, 5.41) is 0. The number of carbonyl (C=O) groups excluding carboxylic acids is 2. The monoisotopic (exact) mass is 481 g/mol. The molecule has 7 heteroatoms. The molecule has 1 saturated carbocycles. The Balaban J connectivity index is 1.32. The SMILES string of the molecule is Cc1ccc(C(=O)N2CCCC3CCCCC32)c(C2CCN(C(=O)c3cc(F)cc(F)c3)CC2)n1. The van der Waals surface area contributed by atoms with Crippen LogP contribution in [0.1, 0.15) is 89.4 Å². The molecular weight excluding hydrogens is 448 g/mol.